The van der Waals surface area contributed by atoms with Crippen molar-refractivity contribution in [1.29, 1.82) is 0 Å². The lowest BCUT2D eigenvalue weighted by molar-refractivity contribution is -0.121. The molecule has 2 rings (SSSR count). The van der Waals surface area contributed by atoms with Gasteiger partial charge in [-0.1, -0.05) is 30.5 Å². The van der Waals surface area contributed by atoms with Crippen LogP contribution in [0.5, 0.6) is 0 Å². The number of amides is 1. The normalized spacial score (nSPS) is 18.4. The van der Waals surface area contributed by atoms with E-state index in [1.807, 2.05) is 31.2 Å². The summed E-state index contributed by atoms with van der Waals surface area (Å²) < 4.78 is 0. The Morgan fingerprint density at radius 2 is 1.81 bits per heavy atom. The van der Waals surface area contributed by atoms with E-state index in [9.17, 15) is 4.79 Å². The first-order chi connectivity index (χ1) is 7.60. The average Bonchev–Trinajstić information content (AvgIpc) is 2.70. The van der Waals surface area contributed by atoms with Crippen LogP contribution in [-0.4, -0.2) is 11.4 Å². The largest absolute Gasteiger partial charge is 0.324 e. The number of benzene rings is 1. The Balaban J connectivity index is 2.04. The highest BCUT2D eigenvalue weighted by molar-refractivity contribution is 5.98. The standard InChI is InChI=1S/C13H18N2O/c1-10-4-6-11(7-5-10)15-12(16)13(14)8-2-3-9-13/h4-7H,2-3,8-9,14H2,1H3,(H,15,16). The van der Waals surface area contributed by atoms with Gasteiger partial charge in [0.15, 0.2) is 0 Å². The smallest absolute Gasteiger partial charge is 0.244 e. The molecule has 1 amide bonds. The number of anilines is 1. The molecular formula is C13H18N2O. The van der Waals surface area contributed by atoms with Gasteiger partial charge in [-0.15, -0.1) is 0 Å². The third-order valence-corrected chi connectivity index (χ3v) is 3.26. The summed E-state index contributed by atoms with van der Waals surface area (Å²) >= 11 is 0. The number of nitrogens with one attached hydrogen (secondary N) is 1. The summed E-state index contributed by atoms with van der Waals surface area (Å²) in [5.41, 5.74) is 7.43. The van der Waals surface area contributed by atoms with E-state index in [1.54, 1.807) is 0 Å². The van der Waals surface area contributed by atoms with Crippen LogP contribution in [0.4, 0.5) is 5.69 Å². The third kappa shape index (κ3) is 2.25. The average molecular weight is 218 g/mol. The fraction of sp³-hybridized carbons (Fsp3) is 0.462. The third-order valence-electron chi connectivity index (χ3n) is 3.26. The predicted molar refractivity (Wildman–Crippen MR) is 65.2 cm³/mol. The lowest BCUT2D eigenvalue weighted by Gasteiger charge is -2.22. The monoisotopic (exact) mass is 218 g/mol. The number of nitrogens with two attached hydrogens (primary N) is 1. The topological polar surface area (TPSA) is 55.1 Å². The van der Waals surface area contributed by atoms with Crippen LogP contribution >= 0.6 is 0 Å². The summed E-state index contributed by atoms with van der Waals surface area (Å²) in [6, 6.07) is 7.78. The van der Waals surface area contributed by atoms with Gasteiger partial charge in [0, 0.05) is 5.69 Å². The molecule has 0 spiro atoms. The molecule has 3 nitrogen and oxygen atoms in total. The van der Waals surface area contributed by atoms with Crippen molar-refractivity contribution in [3.05, 3.63) is 29.8 Å². The van der Waals surface area contributed by atoms with Gasteiger partial charge in [0.25, 0.3) is 0 Å². The highest BCUT2D eigenvalue weighted by atomic mass is 16.2. The van der Waals surface area contributed by atoms with Crippen molar-refractivity contribution in [3.63, 3.8) is 0 Å². The zero-order valence-electron chi connectivity index (χ0n) is 9.62. The van der Waals surface area contributed by atoms with Crippen molar-refractivity contribution in [3.8, 4) is 0 Å². The first kappa shape index (κ1) is 11.1. The Morgan fingerprint density at radius 1 is 1.25 bits per heavy atom. The van der Waals surface area contributed by atoms with E-state index in [0.717, 1.165) is 31.4 Å². The molecule has 16 heavy (non-hydrogen) atoms. The summed E-state index contributed by atoms with van der Waals surface area (Å²) in [7, 11) is 0. The minimum absolute atomic E-state index is 0.0474. The number of aryl methyl sites for hydroxylation is 1. The van der Waals surface area contributed by atoms with E-state index in [1.165, 1.54) is 5.56 Å². The Morgan fingerprint density at radius 3 is 2.38 bits per heavy atom. The second-order valence-electron chi connectivity index (χ2n) is 4.68. The van der Waals surface area contributed by atoms with E-state index in [4.69, 9.17) is 5.73 Å². The Labute approximate surface area is 96.0 Å². The summed E-state index contributed by atoms with van der Waals surface area (Å²) in [6.07, 6.45) is 3.70. The van der Waals surface area contributed by atoms with Crippen molar-refractivity contribution >= 4 is 11.6 Å². The van der Waals surface area contributed by atoms with Gasteiger partial charge < -0.3 is 11.1 Å². The molecular weight excluding hydrogens is 200 g/mol. The highest BCUT2D eigenvalue weighted by Gasteiger charge is 2.36. The van der Waals surface area contributed by atoms with E-state index >= 15 is 0 Å². The molecule has 1 saturated carbocycles. The van der Waals surface area contributed by atoms with E-state index in [2.05, 4.69) is 5.32 Å². The number of carbonyl (C=O) groups is 1. The van der Waals surface area contributed by atoms with Gasteiger partial charge >= 0.3 is 0 Å². The number of hydrogen-bond donors (Lipinski definition) is 2. The molecule has 1 aromatic carbocycles. The van der Waals surface area contributed by atoms with Crippen LogP contribution in [0, 0.1) is 6.92 Å². The molecule has 0 bridgehead atoms. The fourth-order valence-corrected chi connectivity index (χ4v) is 2.13. The van der Waals surface area contributed by atoms with Gasteiger partial charge in [0.1, 0.15) is 0 Å². The van der Waals surface area contributed by atoms with Crippen LogP contribution in [0.3, 0.4) is 0 Å². The predicted octanol–water partition coefficient (Wildman–Crippen LogP) is 2.21. The summed E-state index contributed by atoms with van der Waals surface area (Å²) in [6.45, 7) is 2.02. The number of carbonyl (C=O) groups excluding carboxylic acids is 1. The molecule has 3 N–H and O–H groups in total. The van der Waals surface area contributed by atoms with Crippen LogP contribution in [0.25, 0.3) is 0 Å². The molecule has 0 heterocycles. The highest BCUT2D eigenvalue weighted by Crippen LogP contribution is 2.28. The lowest BCUT2D eigenvalue weighted by atomic mass is 9.98. The van der Waals surface area contributed by atoms with E-state index in [0.29, 0.717) is 0 Å². The lowest BCUT2D eigenvalue weighted by Crippen LogP contribution is -2.48. The fourth-order valence-electron chi connectivity index (χ4n) is 2.13. The SMILES string of the molecule is Cc1ccc(NC(=O)C2(N)CCCC2)cc1. The van der Waals surface area contributed by atoms with Crippen molar-refractivity contribution < 1.29 is 4.79 Å². The van der Waals surface area contributed by atoms with E-state index < -0.39 is 5.54 Å². The molecule has 0 atom stereocenters. The maximum absolute atomic E-state index is 12.0. The van der Waals surface area contributed by atoms with Crippen LogP contribution in [0.15, 0.2) is 24.3 Å². The Bertz CT molecular complexity index is 377. The van der Waals surface area contributed by atoms with Gasteiger partial charge in [-0.3, -0.25) is 4.79 Å². The van der Waals surface area contributed by atoms with Gasteiger partial charge in [-0.2, -0.15) is 0 Å². The number of rotatable bonds is 2. The Kier molecular flexibility index (Phi) is 2.97. The van der Waals surface area contributed by atoms with Crippen molar-refractivity contribution in [1.82, 2.24) is 0 Å². The molecule has 0 aliphatic heterocycles. The van der Waals surface area contributed by atoms with E-state index in [-0.39, 0.29) is 5.91 Å². The van der Waals surface area contributed by atoms with Crippen molar-refractivity contribution in [2.24, 2.45) is 5.73 Å². The second-order valence-corrected chi connectivity index (χ2v) is 4.68. The van der Waals surface area contributed by atoms with Crippen LogP contribution in [0.2, 0.25) is 0 Å². The van der Waals surface area contributed by atoms with Crippen LogP contribution in [0.1, 0.15) is 31.2 Å². The van der Waals surface area contributed by atoms with Crippen molar-refractivity contribution in [2.45, 2.75) is 38.1 Å². The summed E-state index contributed by atoms with van der Waals surface area (Å²) in [4.78, 5) is 12.0. The maximum atomic E-state index is 12.0. The maximum Gasteiger partial charge on any atom is 0.244 e. The molecule has 0 aromatic heterocycles. The molecule has 3 heteroatoms. The van der Waals surface area contributed by atoms with Gasteiger partial charge in [0.2, 0.25) is 5.91 Å². The molecule has 0 unspecified atom stereocenters. The molecule has 86 valence electrons. The summed E-state index contributed by atoms with van der Waals surface area (Å²) in [5.74, 6) is -0.0474. The first-order valence-electron chi connectivity index (χ1n) is 5.77. The molecule has 1 aromatic rings. The molecule has 1 aliphatic carbocycles. The minimum Gasteiger partial charge on any atom is -0.324 e. The zero-order valence-corrected chi connectivity index (χ0v) is 9.62. The minimum atomic E-state index is -0.648. The number of hydrogen-bond acceptors (Lipinski definition) is 2. The molecule has 0 radical (unpaired) electrons. The molecule has 1 aliphatic rings. The van der Waals surface area contributed by atoms with Crippen molar-refractivity contribution in [2.75, 3.05) is 5.32 Å². The van der Waals surface area contributed by atoms with Crippen LogP contribution < -0.4 is 11.1 Å². The van der Waals surface area contributed by atoms with Gasteiger partial charge in [-0.25, -0.2) is 0 Å². The Hall–Kier alpha value is -1.35. The van der Waals surface area contributed by atoms with Gasteiger partial charge in [0.05, 0.1) is 5.54 Å². The second kappa shape index (κ2) is 4.26. The molecule has 0 saturated heterocycles. The first-order valence-corrected chi connectivity index (χ1v) is 5.77. The molecule has 1 fully saturated rings. The summed E-state index contributed by atoms with van der Waals surface area (Å²) in [5, 5.41) is 2.89. The van der Waals surface area contributed by atoms with Crippen LogP contribution in [-0.2, 0) is 4.79 Å². The quantitative estimate of drug-likeness (QED) is 0.799. The zero-order chi connectivity index (χ0) is 11.6. The van der Waals surface area contributed by atoms with Gasteiger partial charge in [-0.05, 0) is 31.9 Å².